The molecule has 1 saturated carbocycles. The molecule has 0 atom stereocenters. The summed E-state index contributed by atoms with van der Waals surface area (Å²) in [5.41, 5.74) is 0.949. The van der Waals surface area contributed by atoms with E-state index in [2.05, 4.69) is 10.1 Å². The van der Waals surface area contributed by atoms with E-state index in [0.717, 1.165) is 10.1 Å². The van der Waals surface area contributed by atoms with Crippen molar-refractivity contribution in [1.82, 2.24) is 14.6 Å². The number of aromatic amines is 1. The number of alkyl halides is 2. The first kappa shape index (κ1) is 17.7. The molecule has 3 aromatic rings. The average Bonchev–Trinajstić information content (AvgIpc) is 2.95. The number of nitrogens with zero attached hydrogens (tertiary/aromatic N) is 2. The number of hydrogen-bond donors (Lipinski definition) is 2. The quantitative estimate of drug-likeness (QED) is 0.707. The molecule has 0 bridgehead atoms. The zero-order chi connectivity index (χ0) is 19.5. The summed E-state index contributed by atoms with van der Waals surface area (Å²) in [6.07, 6.45) is 0.470. The van der Waals surface area contributed by atoms with E-state index in [1.165, 1.54) is 6.20 Å². The summed E-state index contributed by atoms with van der Waals surface area (Å²) >= 11 is 6.12. The molecule has 140 valence electrons. The third kappa shape index (κ3) is 2.90. The molecule has 0 aliphatic heterocycles. The molecule has 1 aliphatic rings. The van der Waals surface area contributed by atoms with Crippen LogP contribution in [0, 0.1) is 6.92 Å². The smallest absolute Gasteiger partial charge is 0.356 e. The van der Waals surface area contributed by atoms with Crippen LogP contribution in [0.3, 0.4) is 0 Å². The molecular formula is C18H14ClF2N3O3. The highest BCUT2D eigenvalue weighted by Crippen LogP contribution is 2.49. The number of aromatic carboxylic acids is 1. The molecule has 0 unspecified atom stereocenters. The molecule has 2 heterocycles. The Balaban J connectivity index is 1.90. The van der Waals surface area contributed by atoms with Crippen LogP contribution in [0.25, 0.3) is 16.8 Å². The van der Waals surface area contributed by atoms with Gasteiger partial charge in [-0.3, -0.25) is 4.79 Å². The van der Waals surface area contributed by atoms with Crippen LogP contribution in [0.5, 0.6) is 0 Å². The number of aryl methyl sites for hydroxylation is 1. The first-order chi connectivity index (χ1) is 12.7. The minimum atomic E-state index is -2.85. The van der Waals surface area contributed by atoms with Crippen LogP contribution in [0.15, 0.2) is 29.2 Å². The summed E-state index contributed by atoms with van der Waals surface area (Å²) in [6, 6.07) is 5.21. The van der Waals surface area contributed by atoms with Crippen LogP contribution >= 0.6 is 11.6 Å². The fourth-order valence-electron chi connectivity index (χ4n) is 3.42. The Kier molecular flexibility index (Phi) is 3.85. The second-order valence-electron chi connectivity index (χ2n) is 6.78. The van der Waals surface area contributed by atoms with Crippen LogP contribution in [0.1, 0.15) is 40.4 Å². The van der Waals surface area contributed by atoms with Crippen LogP contribution < -0.4 is 5.56 Å². The molecular weight excluding hydrogens is 380 g/mol. The van der Waals surface area contributed by atoms with Crippen LogP contribution in [0.2, 0.25) is 5.02 Å². The van der Waals surface area contributed by atoms with Crippen molar-refractivity contribution in [2.75, 3.05) is 0 Å². The van der Waals surface area contributed by atoms with Gasteiger partial charge < -0.3 is 10.1 Å². The van der Waals surface area contributed by atoms with Gasteiger partial charge in [0.25, 0.3) is 5.56 Å². The highest BCUT2D eigenvalue weighted by atomic mass is 35.5. The first-order valence-electron chi connectivity index (χ1n) is 8.19. The molecule has 2 N–H and O–H groups in total. The predicted octanol–water partition coefficient (Wildman–Crippen LogP) is 3.86. The lowest BCUT2D eigenvalue weighted by Gasteiger charge is -2.34. The fourth-order valence-corrected chi connectivity index (χ4v) is 3.60. The van der Waals surface area contributed by atoms with E-state index in [0.29, 0.717) is 16.3 Å². The number of rotatable bonds is 3. The summed E-state index contributed by atoms with van der Waals surface area (Å²) in [4.78, 5) is 26.9. The fraction of sp³-hybridized carbons (Fsp3) is 0.278. The van der Waals surface area contributed by atoms with E-state index in [4.69, 9.17) is 11.6 Å². The lowest BCUT2D eigenvalue weighted by molar-refractivity contribution is -0.0866. The lowest BCUT2D eigenvalue weighted by Crippen LogP contribution is -2.34. The number of carboxylic acid groups (broad SMARTS) is 1. The predicted molar refractivity (Wildman–Crippen MR) is 94.9 cm³/mol. The number of carboxylic acids is 1. The van der Waals surface area contributed by atoms with Gasteiger partial charge in [-0.15, -0.1) is 0 Å². The molecule has 0 radical (unpaired) electrons. The summed E-state index contributed by atoms with van der Waals surface area (Å²) < 4.78 is 27.7. The summed E-state index contributed by atoms with van der Waals surface area (Å²) in [5, 5.41) is 13.9. The van der Waals surface area contributed by atoms with Gasteiger partial charge in [0.1, 0.15) is 5.52 Å². The Morgan fingerprint density at radius 1 is 1.41 bits per heavy atom. The van der Waals surface area contributed by atoms with Gasteiger partial charge in [0.15, 0.2) is 5.69 Å². The van der Waals surface area contributed by atoms with E-state index < -0.39 is 36.2 Å². The molecule has 4 rings (SSSR count). The molecule has 0 saturated heterocycles. The van der Waals surface area contributed by atoms with Gasteiger partial charge in [0.2, 0.25) is 5.92 Å². The Morgan fingerprint density at radius 2 is 2.11 bits per heavy atom. The highest BCUT2D eigenvalue weighted by Gasteiger charge is 2.48. The van der Waals surface area contributed by atoms with Crippen LogP contribution in [-0.2, 0) is 0 Å². The number of halogens is 3. The number of fused-ring (bicyclic) bond motifs is 1. The monoisotopic (exact) mass is 393 g/mol. The maximum Gasteiger partial charge on any atom is 0.356 e. The molecule has 0 amide bonds. The zero-order valence-electron chi connectivity index (χ0n) is 14.1. The van der Waals surface area contributed by atoms with Gasteiger partial charge in [0, 0.05) is 34.9 Å². The van der Waals surface area contributed by atoms with Crippen molar-refractivity contribution in [2.24, 2.45) is 0 Å². The second-order valence-corrected chi connectivity index (χ2v) is 7.19. The van der Waals surface area contributed by atoms with Crippen molar-refractivity contribution in [3.8, 4) is 11.3 Å². The van der Waals surface area contributed by atoms with Crippen LogP contribution in [-0.4, -0.2) is 31.6 Å². The van der Waals surface area contributed by atoms with Gasteiger partial charge in [-0.2, -0.15) is 5.10 Å². The summed E-state index contributed by atoms with van der Waals surface area (Å²) in [6.45, 7) is 1.84. The standard InChI is InChI=1S/C18H14ClF2N3O3/c1-8-2-3-9(4-11(8)19)12-7-24-15(16(25)22-12)13(14(23-24)17(26)27)10-5-18(20,21)6-10/h2-4,7,10H,5-6H2,1H3,(H,22,25)(H,26,27). The normalized spacial score (nSPS) is 16.4. The van der Waals surface area contributed by atoms with Gasteiger partial charge in [0.05, 0.1) is 11.9 Å². The van der Waals surface area contributed by atoms with E-state index in [1.54, 1.807) is 18.2 Å². The van der Waals surface area contributed by atoms with Gasteiger partial charge in [-0.25, -0.2) is 18.1 Å². The van der Waals surface area contributed by atoms with E-state index >= 15 is 0 Å². The lowest BCUT2D eigenvalue weighted by atomic mass is 9.76. The first-order valence-corrected chi connectivity index (χ1v) is 8.57. The Labute approximate surface area is 156 Å². The van der Waals surface area contributed by atoms with Gasteiger partial charge >= 0.3 is 5.97 Å². The molecule has 9 heteroatoms. The minimum absolute atomic E-state index is 0.0186. The van der Waals surface area contributed by atoms with Crippen LogP contribution in [0.4, 0.5) is 8.78 Å². The van der Waals surface area contributed by atoms with Gasteiger partial charge in [-0.05, 0) is 18.6 Å². The Hall–Kier alpha value is -2.74. The van der Waals surface area contributed by atoms with Crippen molar-refractivity contribution >= 4 is 23.1 Å². The number of H-pyrrole nitrogens is 1. The molecule has 1 aromatic carbocycles. The van der Waals surface area contributed by atoms with Crippen molar-refractivity contribution < 1.29 is 18.7 Å². The zero-order valence-corrected chi connectivity index (χ0v) is 14.8. The molecule has 1 fully saturated rings. The second kappa shape index (κ2) is 5.88. The summed E-state index contributed by atoms with van der Waals surface area (Å²) in [7, 11) is 0. The summed E-state index contributed by atoms with van der Waals surface area (Å²) in [5.74, 6) is -4.92. The Bertz CT molecular complexity index is 1140. The molecule has 27 heavy (non-hydrogen) atoms. The van der Waals surface area contributed by atoms with E-state index in [9.17, 15) is 23.5 Å². The Morgan fingerprint density at radius 3 is 2.70 bits per heavy atom. The maximum atomic E-state index is 13.3. The molecule has 0 spiro atoms. The van der Waals surface area contributed by atoms with Crippen molar-refractivity contribution in [2.45, 2.75) is 31.6 Å². The van der Waals surface area contributed by atoms with Crippen molar-refractivity contribution in [3.63, 3.8) is 0 Å². The number of hydrogen-bond acceptors (Lipinski definition) is 3. The number of aromatic nitrogens is 3. The topological polar surface area (TPSA) is 87.5 Å². The van der Waals surface area contributed by atoms with Gasteiger partial charge in [-0.1, -0.05) is 23.7 Å². The minimum Gasteiger partial charge on any atom is -0.476 e. The SMILES string of the molecule is Cc1ccc(-c2cn3nc(C(=O)O)c(C4CC(F)(F)C4)c3c(=O)[nH]2)cc1Cl. The van der Waals surface area contributed by atoms with Crippen molar-refractivity contribution in [3.05, 3.63) is 56.6 Å². The van der Waals surface area contributed by atoms with E-state index in [1.807, 2.05) is 6.92 Å². The van der Waals surface area contributed by atoms with Crippen molar-refractivity contribution in [1.29, 1.82) is 0 Å². The third-order valence-electron chi connectivity index (χ3n) is 4.85. The average molecular weight is 394 g/mol. The maximum absolute atomic E-state index is 13.3. The number of benzene rings is 1. The molecule has 2 aromatic heterocycles. The molecule has 1 aliphatic carbocycles. The van der Waals surface area contributed by atoms with E-state index in [-0.39, 0.29) is 16.8 Å². The number of carbonyl (C=O) groups is 1. The molecule has 6 nitrogen and oxygen atoms in total. The largest absolute Gasteiger partial charge is 0.476 e. The highest BCUT2D eigenvalue weighted by molar-refractivity contribution is 6.31. The third-order valence-corrected chi connectivity index (χ3v) is 5.25. The number of nitrogens with one attached hydrogen (secondary N) is 1.